The minimum atomic E-state index is -3.72. The number of H-pyrrole nitrogens is 1. The van der Waals surface area contributed by atoms with Gasteiger partial charge in [-0.25, -0.2) is 13.4 Å². The molecule has 2 rings (SSSR count). The predicted octanol–water partition coefficient (Wildman–Crippen LogP) is 0.434. The monoisotopic (exact) mass is 287 g/mol. The van der Waals surface area contributed by atoms with Gasteiger partial charge in [0.25, 0.3) is 10.0 Å². The van der Waals surface area contributed by atoms with Gasteiger partial charge in [-0.2, -0.15) is 4.31 Å². The molecule has 0 bridgehead atoms. The lowest BCUT2D eigenvalue weighted by Gasteiger charge is -2.19. The number of esters is 1. The first-order valence-electron chi connectivity index (χ1n) is 6.14. The van der Waals surface area contributed by atoms with E-state index in [2.05, 4.69) is 9.97 Å². The van der Waals surface area contributed by atoms with Gasteiger partial charge in [0.05, 0.1) is 12.8 Å². The van der Waals surface area contributed by atoms with E-state index in [-0.39, 0.29) is 24.2 Å². The molecule has 0 atom stereocenters. The van der Waals surface area contributed by atoms with E-state index in [1.54, 1.807) is 13.8 Å². The van der Waals surface area contributed by atoms with Crippen LogP contribution < -0.4 is 0 Å². The molecular formula is C11H17N3O4S. The average Bonchev–Trinajstić information content (AvgIpc) is 3.07. The normalized spacial score (nSPS) is 15.7. The first-order valence-corrected chi connectivity index (χ1v) is 7.58. The highest BCUT2D eigenvalue weighted by Crippen LogP contribution is 2.31. The van der Waals surface area contributed by atoms with Crippen LogP contribution in [-0.4, -0.2) is 47.9 Å². The molecule has 0 aromatic carbocycles. The molecule has 0 radical (unpaired) electrons. The fourth-order valence-corrected chi connectivity index (χ4v) is 3.36. The third kappa shape index (κ3) is 3.13. The molecule has 0 aliphatic heterocycles. The van der Waals surface area contributed by atoms with E-state index in [0.717, 1.165) is 12.8 Å². The Hall–Kier alpha value is -1.41. The van der Waals surface area contributed by atoms with Gasteiger partial charge in [0.1, 0.15) is 12.4 Å². The molecule has 0 saturated heterocycles. The highest BCUT2D eigenvalue weighted by molar-refractivity contribution is 7.89. The minimum Gasteiger partial charge on any atom is -0.465 e. The number of carbonyl (C=O) groups excluding carboxylic acids is 1. The number of rotatable bonds is 6. The van der Waals surface area contributed by atoms with E-state index < -0.39 is 16.0 Å². The van der Waals surface area contributed by atoms with Gasteiger partial charge in [-0.3, -0.25) is 4.79 Å². The third-order valence-corrected chi connectivity index (χ3v) is 4.62. The number of ether oxygens (including phenoxy) is 1. The van der Waals surface area contributed by atoms with E-state index in [0.29, 0.717) is 5.82 Å². The number of hydrogen-bond donors (Lipinski definition) is 1. The zero-order chi connectivity index (χ0) is 14.0. The van der Waals surface area contributed by atoms with Gasteiger partial charge in [0.15, 0.2) is 5.03 Å². The van der Waals surface area contributed by atoms with Crippen LogP contribution in [-0.2, 0) is 19.6 Å². The lowest BCUT2D eigenvalue weighted by molar-refractivity contribution is -0.143. The summed E-state index contributed by atoms with van der Waals surface area (Å²) in [5, 5.41) is 0.0150. The van der Waals surface area contributed by atoms with Crippen LogP contribution in [0, 0.1) is 6.92 Å². The van der Waals surface area contributed by atoms with E-state index >= 15 is 0 Å². The van der Waals surface area contributed by atoms with E-state index in [1.165, 1.54) is 10.5 Å². The average molecular weight is 287 g/mol. The Morgan fingerprint density at radius 3 is 2.74 bits per heavy atom. The summed E-state index contributed by atoms with van der Waals surface area (Å²) < 4.78 is 30.8. The number of aryl methyl sites for hydroxylation is 1. The fourth-order valence-electron chi connectivity index (χ4n) is 1.76. The van der Waals surface area contributed by atoms with Gasteiger partial charge in [-0.05, 0) is 26.7 Å². The lowest BCUT2D eigenvalue weighted by Crippen LogP contribution is -2.38. The summed E-state index contributed by atoms with van der Waals surface area (Å²) in [5.74, 6) is -0.0142. The smallest absolute Gasteiger partial charge is 0.321 e. The molecule has 1 fully saturated rings. The Morgan fingerprint density at radius 2 is 2.26 bits per heavy atom. The molecule has 0 amide bonds. The molecule has 1 aromatic heterocycles. The summed E-state index contributed by atoms with van der Waals surface area (Å²) in [4.78, 5) is 18.1. The van der Waals surface area contributed by atoms with Gasteiger partial charge in [0.2, 0.25) is 0 Å². The summed E-state index contributed by atoms with van der Waals surface area (Å²) in [5.41, 5.74) is 0. The van der Waals surface area contributed by atoms with E-state index in [4.69, 9.17) is 4.74 Å². The number of sulfonamides is 1. The Kier molecular flexibility index (Phi) is 3.91. The quantitative estimate of drug-likeness (QED) is 0.766. The van der Waals surface area contributed by atoms with Crippen molar-refractivity contribution in [3.63, 3.8) is 0 Å². The van der Waals surface area contributed by atoms with E-state index in [9.17, 15) is 13.2 Å². The van der Waals surface area contributed by atoms with Gasteiger partial charge in [-0.1, -0.05) is 0 Å². The molecule has 0 spiro atoms. The van der Waals surface area contributed by atoms with Gasteiger partial charge >= 0.3 is 5.97 Å². The van der Waals surface area contributed by atoms with Crippen LogP contribution in [0.25, 0.3) is 0 Å². The summed E-state index contributed by atoms with van der Waals surface area (Å²) in [6.45, 7) is 3.34. The van der Waals surface area contributed by atoms with Crippen molar-refractivity contribution in [2.75, 3.05) is 13.2 Å². The third-order valence-electron chi connectivity index (χ3n) is 2.81. The molecule has 8 heteroatoms. The molecule has 1 heterocycles. The highest BCUT2D eigenvalue weighted by Gasteiger charge is 2.40. The second-order valence-corrected chi connectivity index (χ2v) is 6.28. The van der Waals surface area contributed by atoms with Crippen LogP contribution in [0.2, 0.25) is 0 Å². The summed E-state index contributed by atoms with van der Waals surface area (Å²) in [6.07, 6.45) is 2.81. The summed E-state index contributed by atoms with van der Waals surface area (Å²) in [6, 6.07) is -0.113. The first-order chi connectivity index (χ1) is 8.95. The minimum absolute atomic E-state index is 0.0150. The molecule has 0 unspecified atom stereocenters. The SMILES string of the molecule is CCOC(=O)CN(C1CC1)S(=O)(=O)c1cnc(C)[nH]1. The molecule has 1 saturated carbocycles. The van der Waals surface area contributed by atoms with Crippen molar-refractivity contribution < 1.29 is 17.9 Å². The molecule has 1 aliphatic rings. The highest BCUT2D eigenvalue weighted by atomic mass is 32.2. The maximum Gasteiger partial charge on any atom is 0.321 e. The number of nitrogens with one attached hydrogen (secondary N) is 1. The molecule has 1 aromatic rings. The zero-order valence-electron chi connectivity index (χ0n) is 10.9. The van der Waals surface area contributed by atoms with Crippen LogP contribution in [0.1, 0.15) is 25.6 Å². The lowest BCUT2D eigenvalue weighted by atomic mass is 10.6. The number of aromatic amines is 1. The van der Waals surface area contributed by atoms with Crippen LogP contribution >= 0.6 is 0 Å². The number of carbonyl (C=O) groups is 1. The van der Waals surface area contributed by atoms with Crippen molar-refractivity contribution in [1.29, 1.82) is 0 Å². The Morgan fingerprint density at radius 1 is 1.58 bits per heavy atom. The maximum absolute atomic E-state index is 12.4. The number of imidazole rings is 1. The second kappa shape index (κ2) is 5.30. The zero-order valence-corrected chi connectivity index (χ0v) is 11.7. The standard InChI is InChI=1S/C11H17N3O4S/c1-3-18-11(15)7-14(9-4-5-9)19(16,17)10-6-12-8(2)13-10/h6,9H,3-5,7H2,1-2H3,(H,12,13). The van der Waals surface area contributed by atoms with Crippen LogP contribution in [0.15, 0.2) is 11.2 Å². The molecule has 106 valence electrons. The maximum atomic E-state index is 12.4. The Bertz CT molecular complexity index is 562. The largest absolute Gasteiger partial charge is 0.465 e. The molecular weight excluding hydrogens is 270 g/mol. The predicted molar refractivity (Wildman–Crippen MR) is 66.9 cm³/mol. The van der Waals surface area contributed by atoms with Crippen LogP contribution in [0.3, 0.4) is 0 Å². The summed E-state index contributed by atoms with van der Waals surface area (Å²) in [7, 11) is -3.72. The molecule has 1 aliphatic carbocycles. The number of hydrogen-bond acceptors (Lipinski definition) is 5. The van der Waals surface area contributed by atoms with Crippen molar-refractivity contribution in [2.45, 2.75) is 37.8 Å². The first kappa shape index (κ1) is 14.0. The number of aromatic nitrogens is 2. The van der Waals surface area contributed by atoms with Crippen molar-refractivity contribution in [3.05, 3.63) is 12.0 Å². The second-order valence-electron chi connectivity index (χ2n) is 4.42. The van der Waals surface area contributed by atoms with Gasteiger partial charge in [0, 0.05) is 6.04 Å². The van der Waals surface area contributed by atoms with Gasteiger partial charge in [-0.15, -0.1) is 0 Å². The molecule has 19 heavy (non-hydrogen) atoms. The van der Waals surface area contributed by atoms with Gasteiger partial charge < -0.3 is 9.72 Å². The Labute approximate surface area is 112 Å². The molecule has 7 nitrogen and oxygen atoms in total. The van der Waals surface area contributed by atoms with Crippen molar-refractivity contribution in [1.82, 2.24) is 14.3 Å². The Balaban J connectivity index is 2.21. The topological polar surface area (TPSA) is 92.4 Å². The van der Waals surface area contributed by atoms with Crippen molar-refractivity contribution in [2.24, 2.45) is 0 Å². The van der Waals surface area contributed by atoms with Crippen LogP contribution in [0.5, 0.6) is 0 Å². The fraction of sp³-hybridized carbons (Fsp3) is 0.636. The number of nitrogens with zero attached hydrogens (tertiary/aromatic N) is 2. The van der Waals surface area contributed by atoms with E-state index in [1.807, 2.05) is 0 Å². The van der Waals surface area contributed by atoms with Crippen molar-refractivity contribution >= 4 is 16.0 Å². The molecule has 1 N–H and O–H groups in total. The van der Waals surface area contributed by atoms with Crippen molar-refractivity contribution in [3.8, 4) is 0 Å². The summed E-state index contributed by atoms with van der Waals surface area (Å²) >= 11 is 0. The van der Waals surface area contributed by atoms with Crippen LogP contribution in [0.4, 0.5) is 0 Å².